The first-order chi connectivity index (χ1) is 22.7. The number of aliphatic hydroxyl groups is 1. The van der Waals surface area contributed by atoms with Crippen molar-refractivity contribution in [2.75, 3.05) is 51.4 Å². The molecule has 5 rings (SSSR count). The van der Waals surface area contributed by atoms with Gasteiger partial charge in [-0.05, 0) is 78.3 Å². The molecule has 3 N–H and O–H groups in total. The number of likely N-dealkylation sites (tertiary alicyclic amines) is 1. The van der Waals surface area contributed by atoms with Crippen LogP contribution in [0.25, 0.3) is 0 Å². The Balaban J connectivity index is 1.34. The van der Waals surface area contributed by atoms with Crippen molar-refractivity contribution >= 4 is 11.6 Å². The van der Waals surface area contributed by atoms with Crippen LogP contribution in [0, 0.1) is 5.92 Å². The minimum Gasteiger partial charge on any atom is -0.490 e. The van der Waals surface area contributed by atoms with Gasteiger partial charge in [-0.15, -0.1) is 0 Å². The zero-order chi connectivity index (χ0) is 33.3. The summed E-state index contributed by atoms with van der Waals surface area (Å²) in [6, 6.07) is 21.4. The maximum absolute atomic E-state index is 13.4. The van der Waals surface area contributed by atoms with E-state index in [9.17, 15) is 9.90 Å². The summed E-state index contributed by atoms with van der Waals surface area (Å²) >= 11 is 0. The number of aliphatic hydroxyl groups excluding tert-OH is 1. The van der Waals surface area contributed by atoms with Crippen LogP contribution in [0.3, 0.4) is 0 Å². The van der Waals surface area contributed by atoms with Crippen molar-refractivity contribution in [1.29, 1.82) is 0 Å². The Labute approximate surface area is 279 Å². The minimum absolute atomic E-state index is 0.153. The monoisotopic (exact) mass is 645 g/mol. The molecule has 0 unspecified atom stereocenters. The Kier molecular flexibility index (Phi) is 12.2. The van der Waals surface area contributed by atoms with Crippen molar-refractivity contribution in [3.8, 4) is 17.2 Å². The Morgan fingerprint density at radius 1 is 1.02 bits per heavy atom. The van der Waals surface area contributed by atoms with Crippen LogP contribution in [0.4, 0.5) is 5.69 Å². The number of anilines is 1. The van der Waals surface area contributed by atoms with Crippen molar-refractivity contribution < 1.29 is 28.8 Å². The van der Waals surface area contributed by atoms with Gasteiger partial charge in [-0.3, -0.25) is 4.79 Å². The summed E-state index contributed by atoms with van der Waals surface area (Å²) in [4.78, 5) is 17.4. The van der Waals surface area contributed by atoms with E-state index in [2.05, 4.69) is 43.9 Å². The predicted octanol–water partition coefficient (Wildman–Crippen LogP) is 5.52. The summed E-state index contributed by atoms with van der Waals surface area (Å²) in [7, 11) is 1.72. The molecule has 0 radical (unpaired) electrons. The molecule has 0 bridgehead atoms. The van der Waals surface area contributed by atoms with Crippen molar-refractivity contribution in [2.45, 2.75) is 70.8 Å². The summed E-state index contributed by atoms with van der Waals surface area (Å²) in [5.74, 6) is 2.14. The average molecular weight is 646 g/mol. The summed E-state index contributed by atoms with van der Waals surface area (Å²) < 4.78 is 23.9. The molecule has 1 amide bonds. The number of methoxy groups -OCH3 is 1. The number of ether oxygens (including phenoxy) is 4. The molecule has 3 aromatic carbocycles. The van der Waals surface area contributed by atoms with E-state index < -0.39 is 18.2 Å². The lowest BCUT2D eigenvalue weighted by Crippen LogP contribution is -2.57. The van der Waals surface area contributed by atoms with Gasteiger partial charge in [-0.1, -0.05) is 51.1 Å². The van der Waals surface area contributed by atoms with Gasteiger partial charge in [0.25, 0.3) is 0 Å². The fourth-order valence-corrected chi connectivity index (χ4v) is 6.54. The summed E-state index contributed by atoms with van der Waals surface area (Å²) in [5, 5.41) is 11.5. The zero-order valence-electron chi connectivity index (χ0n) is 28.3. The highest BCUT2D eigenvalue weighted by Crippen LogP contribution is 2.36. The van der Waals surface area contributed by atoms with Gasteiger partial charge in [0.15, 0.2) is 0 Å². The lowest BCUT2D eigenvalue weighted by molar-refractivity contribution is -0.143. The van der Waals surface area contributed by atoms with Gasteiger partial charge in [-0.2, -0.15) is 0 Å². The van der Waals surface area contributed by atoms with Crippen LogP contribution in [0.15, 0.2) is 66.7 Å². The fraction of sp³-hybridized carbons (Fsp3) is 0.500. The largest absolute Gasteiger partial charge is 0.490 e. The van der Waals surface area contributed by atoms with E-state index in [1.54, 1.807) is 12.0 Å². The first-order valence-corrected chi connectivity index (χ1v) is 17.0. The van der Waals surface area contributed by atoms with Crippen LogP contribution >= 0.6 is 0 Å². The number of carbonyl (C=O) groups excluding carboxylic acids is 1. The van der Waals surface area contributed by atoms with E-state index in [1.165, 1.54) is 5.56 Å². The number of aryl methyl sites for hydroxylation is 1. The highest BCUT2D eigenvalue weighted by molar-refractivity contribution is 5.82. The quantitative estimate of drug-likeness (QED) is 0.221. The predicted molar refractivity (Wildman–Crippen MR) is 184 cm³/mol. The highest BCUT2D eigenvalue weighted by Gasteiger charge is 2.40. The van der Waals surface area contributed by atoms with Crippen molar-refractivity contribution in [3.63, 3.8) is 0 Å². The second-order valence-electron chi connectivity index (χ2n) is 13.1. The molecular formula is C38H51N3O6. The number of β-amino-alcohol motifs (C(OH)–C–C–N with tert-alkyl or cyclic N) is 1. The standard InChI is InChI=1S/C38H51N3O6/c1-5-27-7-12-30(13-8-27)47-31-14-10-29(11-15-31)37-34(42)23-41(38(43)32(39)21-26(2)3)24-36(37)46-25-28-9-16-35-33(22-28)40(18-20-45-35)17-6-19-44-4/h7-16,22,26,32,34,36-37,42H,5-6,17-21,23-25,39H2,1-4H3/t32-,34+,36-,37-/m0/s1. The van der Waals surface area contributed by atoms with Crippen molar-refractivity contribution in [2.24, 2.45) is 11.7 Å². The number of amides is 1. The zero-order valence-corrected chi connectivity index (χ0v) is 28.3. The number of hydrogen-bond donors (Lipinski definition) is 2. The van der Waals surface area contributed by atoms with Gasteiger partial charge >= 0.3 is 0 Å². The van der Waals surface area contributed by atoms with E-state index in [0.29, 0.717) is 38.5 Å². The summed E-state index contributed by atoms with van der Waals surface area (Å²) in [5.41, 5.74) is 10.5. The molecular weight excluding hydrogens is 594 g/mol. The van der Waals surface area contributed by atoms with Gasteiger partial charge < -0.3 is 39.6 Å². The number of nitrogens with two attached hydrogens (primary N) is 1. The fourth-order valence-electron chi connectivity index (χ4n) is 6.54. The number of piperidine rings is 1. The molecule has 47 heavy (non-hydrogen) atoms. The smallest absolute Gasteiger partial charge is 0.239 e. The lowest BCUT2D eigenvalue weighted by atomic mass is 9.84. The molecule has 0 aliphatic carbocycles. The third-order valence-electron chi connectivity index (χ3n) is 9.03. The lowest BCUT2D eigenvalue weighted by Gasteiger charge is -2.42. The average Bonchev–Trinajstić information content (AvgIpc) is 3.07. The van der Waals surface area contributed by atoms with Gasteiger partial charge in [0.1, 0.15) is 23.9 Å². The number of fused-ring (bicyclic) bond motifs is 1. The molecule has 2 aliphatic heterocycles. The Morgan fingerprint density at radius 2 is 1.72 bits per heavy atom. The molecule has 3 aromatic rings. The van der Waals surface area contributed by atoms with Crippen molar-refractivity contribution in [1.82, 2.24) is 4.90 Å². The second-order valence-corrected chi connectivity index (χ2v) is 13.1. The van der Waals surface area contributed by atoms with E-state index in [-0.39, 0.29) is 24.3 Å². The van der Waals surface area contributed by atoms with Gasteiger partial charge in [0.05, 0.1) is 37.1 Å². The Bertz CT molecular complexity index is 1430. The number of nitrogens with zero attached hydrogens (tertiary/aromatic N) is 2. The normalized spacial score (nSPS) is 20.1. The molecule has 2 heterocycles. The molecule has 254 valence electrons. The third kappa shape index (κ3) is 9.05. The topological polar surface area (TPSA) is 107 Å². The Hall–Kier alpha value is -3.63. The van der Waals surface area contributed by atoms with E-state index in [1.807, 2.05) is 48.5 Å². The number of hydrogen-bond acceptors (Lipinski definition) is 8. The number of benzene rings is 3. The number of carbonyl (C=O) groups is 1. The molecule has 0 spiro atoms. The maximum atomic E-state index is 13.4. The van der Waals surface area contributed by atoms with Crippen LogP contribution < -0.4 is 20.1 Å². The first kappa shape index (κ1) is 34.7. The summed E-state index contributed by atoms with van der Waals surface area (Å²) in [6.45, 7) is 10.1. The van der Waals surface area contributed by atoms with Crippen LogP contribution in [-0.4, -0.2) is 80.7 Å². The molecule has 1 fully saturated rings. The van der Waals surface area contributed by atoms with Crippen LogP contribution in [-0.2, 0) is 27.3 Å². The SMILES string of the molecule is CCc1ccc(Oc2ccc([C@H]3[C@H](O)CN(C(=O)[C@@H](N)CC(C)C)C[C@@H]3OCc3ccc4c(c3)N(CCCOC)CCO4)cc2)cc1. The Morgan fingerprint density at radius 3 is 2.40 bits per heavy atom. The molecule has 4 atom stereocenters. The van der Waals surface area contributed by atoms with E-state index in [4.69, 9.17) is 24.7 Å². The molecule has 1 saturated heterocycles. The molecule has 9 heteroatoms. The first-order valence-electron chi connectivity index (χ1n) is 17.0. The molecule has 2 aliphatic rings. The van der Waals surface area contributed by atoms with E-state index in [0.717, 1.165) is 54.2 Å². The minimum atomic E-state index is -0.828. The van der Waals surface area contributed by atoms with Crippen molar-refractivity contribution in [3.05, 3.63) is 83.4 Å². The summed E-state index contributed by atoms with van der Waals surface area (Å²) in [6.07, 6.45) is 1.21. The maximum Gasteiger partial charge on any atom is 0.239 e. The highest BCUT2D eigenvalue weighted by atomic mass is 16.5. The van der Waals surface area contributed by atoms with Crippen LogP contribution in [0.5, 0.6) is 17.2 Å². The van der Waals surface area contributed by atoms with Gasteiger partial charge in [0, 0.05) is 39.3 Å². The van der Waals surface area contributed by atoms with Crippen LogP contribution in [0.2, 0.25) is 0 Å². The van der Waals surface area contributed by atoms with Gasteiger partial charge in [-0.25, -0.2) is 0 Å². The second kappa shape index (κ2) is 16.5. The van der Waals surface area contributed by atoms with E-state index >= 15 is 0 Å². The van der Waals surface area contributed by atoms with Crippen LogP contribution in [0.1, 0.15) is 56.2 Å². The van der Waals surface area contributed by atoms with Gasteiger partial charge in [0.2, 0.25) is 5.91 Å². The third-order valence-corrected chi connectivity index (χ3v) is 9.03. The number of rotatable bonds is 14. The molecule has 0 saturated carbocycles. The molecule has 0 aromatic heterocycles. The molecule has 9 nitrogen and oxygen atoms in total.